The van der Waals surface area contributed by atoms with Crippen LogP contribution in [-0.2, 0) is 11.3 Å². The van der Waals surface area contributed by atoms with Crippen molar-refractivity contribution in [3.05, 3.63) is 17.5 Å². The zero-order valence-electron chi connectivity index (χ0n) is 9.13. The van der Waals surface area contributed by atoms with Gasteiger partial charge in [0.15, 0.2) is 0 Å². The number of aromatic nitrogens is 2. The number of rotatable bonds is 6. The summed E-state index contributed by atoms with van der Waals surface area (Å²) in [5.41, 5.74) is 2.46. The van der Waals surface area contributed by atoms with Crippen molar-refractivity contribution in [2.24, 2.45) is 0 Å². The molecule has 0 spiro atoms. The molecule has 1 rings (SSSR count). The molecule has 0 atom stereocenters. The van der Waals surface area contributed by atoms with Crippen LogP contribution in [0.5, 0.6) is 0 Å². The Morgan fingerprint density at radius 1 is 1.57 bits per heavy atom. The van der Waals surface area contributed by atoms with E-state index in [1.54, 1.807) is 7.11 Å². The van der Waals surface area contributed by atoms with Crippen molar-refractivity contribution in [2.75, 3.05) is 20.3 Å². The zero-order valence-corrected chi connectivity index (χ0v) is 9.13. The van der Waals surface area contributed by atoms with E-state index < -0.39 is 0 Å². The van der Waals surface area contributed by atoms with Crippen molar-refractivity contribution in [3.63, 3.8) is 0 Å². The number of hydrogen-bond donors (Lipinski definition) is 2. The molecule has 14 heavy (non-hydrogen) atoms. The number of hydrogen-bond acceptors (Lipinski definition) is 3. The number of ether oxygens (including phenoxy) is 1. The molecular formula is C10H19N3O. The zero-order chi connectivity index (χ0) is 10.4. The molecule has 0 saturated heterocycles. The second-order valence-electron chi connectivity index (χ2n) is 3.63. The lowest BCUT2D eigenvalue weighted by Crippen LogP contribution is -2.19. The van der Waals surface area contributed by atoms with Crippen molar-refractivity contribution in [1.82, 2.24) is 15.5 Å². The van der Waals surface area contributed by atoms with Gasteiger partial charge in [-0.2, -0.15) is 5.10 Å². The van der Waals surface area contributed by atoms with Crippen LogP contribution < -0.4 is 5.32 Å². The van der Waals surface area contributed by atoms with E-state index in [1.165, 1.54) is 11.3 Å². The highest BCUT2D eigenvalue weighted by Crippen LogP contribution is 2.15. The van der Waals surface area contributed by atoms with Crippen LogP contribution in [0.25, 0.3) is 0 Å². The summed E-state index contributed by atoms with van der Waals surface area (Å²) < 4.78 is 4.95. The molecule has 2 N–H and O–H groups in total. The van der Waals surface area contributed by atoms with E-state index >= 15 is 0 Å². The number of nitrogens with one attached hydrogen (secondary N) is 2. The molecule has 4 heteroatoms. The summed E-state index contributed by atoms with van der Waals surface area (Å²) in [5.74, 6) is 0.497. The van der Waals surface area contributed by atoms with Gasteiger partial charge in [-0.05, 0) is 5.92 Å². The molecule has 4 nitrogen and oxygen atoms in total. The van der Waals surface area contributed by atoms with Gasteiger partial charge in [-0.25, -0.2) is 0 Å². The molecule has 0 fully saturated rings. The third-order valence-electron chi connectivity index (χ3n) is 2.13. The van der Waals surface area contributed by atoms with E-state index in [0.717, 1.165) is 19.7 Å². The molecule has 1 aromatic rings. The number of H-pyrrole nitrogens is 1. The van der Waals surface area contributed by atoms with Gasteiger partial charge in [0.05, 0.1) is 12.8 Å². The molecule has 0 radical (unpaired) electrons. The molecule has 0 aliphatic rings. The highest BCUT2D eigenvalue weighted by molar-refractivity contribution is 5.19. The molecule has 1 aromatic heterocycles. The number of nitrogens with zero attached hydrogens (tertiary/aromatic N) is 1. The topological polar surface area (TPSA) is 49.9 Å². The minimum atomic E-state index is 0.497. The molecule has 0 aliphatic heterocycles. The fourth-order valence-corrected chi connectivity index (χ4v) is 1.36. The normalized spacial score (nSPS) is 11.1. The first-order valence-corrected chi connectivity index (χ1v) is 4.97. The molecule has 0 aromatic carbocycles. The summed E-state index contributed by atoms with van der Waals surface area (Å²) in [5, 5.41) is 10.4. The van der Waals surface area contributed by atoms with Crippen LogP contribution in [-0.4, -0.2) is 30.5 Å². The first-order chi connectivity index (χ1) is 6.75. The summed E-state index contributed by atoms with van der Waals surface area (Å²) >= 11 is 0. The predicted molar refractivity (Wildman–Crippen MR) is 56.3 cm³/mol. The number of aromatic amines is 1. The Morgan fingerprint density at radius 3 is 3.00 bits per heavy atom. The lowest BCUT2D eigenvalue weighted by molar-refractivity contribution is 0.199. The monoisotopic (exact) mass is 197 g/mol. The average Bonchev–Trinajstić information content (AvgIpc) is 2.60. The van der Waals surface area contributed by atoms with Crippen molar-refractivity contribution in [3.8, 4) is 0 Å². The maximum atomic E-state index is 4.95. The second-order valence-corrected chi connectivity index (χ2v) is 3.63. The van der Waals surface area contributed by atoms with Crippen molar-refractivity contribution >= 4 is 0 Å². The first-order valence-electron chi connectivity index (χ1n) is 4.97. The predicted octanol–water partition coefficient (Wildman–Crippen LogP) is 1.27. The lowest BCUT2D eigenvalue weighted by Gasteiger charge is -2.07. The van der Waals surface area contributed by atoms with Gasteiger partial charge in [0, 0.05) is 31.5 Å². The van der Waals surface area contributed by atoms with Gasteiger partial charge < -0.3 is 10.1 Å². The fraction of sp³-hybridized carbons (Fsp3) is 0.700. The fourth-order valence-electron chi connectivity index (χ4n) is 1.36. The van der Waals surface area contributed by atoms with Crippen LogP contribution in [0.2, 0.25) is 0 Å². The SMILES string of the molecule is COCCNCc1cn[nH]c1C(C)C. The Morgan fingerprint density at radius 2 is 2.36 bits per heavy atom. The highest BCUT2D eigenvalue weighted by Gasteiger charge is 2.07. The molecule has 0 saturated carbocycles. The van der Waals surface area contributed by atoms with E-state index in [9.17, 15) is 0 Å². The van der Waals surface area contributed by atoms with Crippen LogP contribution in [0.1, 0.15) is 31.0 Å². The largest absolute Gasteiger partial charge is 0.383 e. The van der Waals surface area contributed by atoms with Crippen molar-refractivity contribution in [2.45, 2.75) is 26.3 Å². The maximum Gasteiger partial charge on any atom is 0.0587 e. The third-order valence-corrected chi connectivity index (χ3v) is 2.13. The van der Waals surface area contributed by atoms with E-state index in [2.05, 4.69) is 29.4 Å². The van der Waals surface area contributed by atoms with Gasteiger partial charge in [-0.3, -0.25) is 5.10 Å². The summed E-state index contributed by atoms with van der Waals surface area (Å²) in [6.45, 7) is 6.79. The maximum absolute atomic E-state index is 4.95. The molecule has 0 amide bonds. The van der Waals surface area contributed by atoms with E-state index in [4.69, 9.17) is 4.74 Å². The molecule has 80 valence electrons. The van der Waals surface area contributed by atoms with Crippen molar-refractivity contribution < 1.29 is 4.74 Å². The van der Waals surface area contributed by atoms with Gasteiger partial charge in [0.25, 0.3) is 0 Å². The van der Waals surface area contributed by atoms with Gasteiger partial charge in [0.1, 0.15) is 0 Å². The second kappa shape index (κ2) is 5.78. The summed E-state index contributed by atoms with van der Waals surface area (Å²) in [7, 11) is 1.71. The standard InChI is InChI=1S/C10H19N3O/c1-8(2)10-9(7-12-13-10)6-11-4-5-14-3/h7-8,11H,4-6H2,1-3H3,(H,12,13). The van der Waals surface area contributed by atoms with E-state index in [1.807, 2.05) is 6.20 Å². The highest BCUT2D eigenvalue weighted by atomic mass is 16.5. The van der Waals surface area contributed by atoms with Crippen LogP contribution in [0.4, 0.5) is 0 Å². The van der Waals surface area contributed by atoms with E-state index in [0.29, 0.717) is 5.92 Å². The minimum Gasteiger partial charge on any atom is -0.383 e. The molecule has 0 aliphatic carbocycles. The Hall–Kier alpha value is -0.870. The Bertz CT molecular complexity index is 258. The van der Waals surface area contributed by atoms with Crippen molar-refractivity contribution in [1.29, 1.82) is 0 Å². The third kappa shape index (κ3) is 3.12. The Labute approximate surface area is 85.0 Å². The number of methoxy groups -OCH3 is 1. The summed E-state index contributed by atoms with van der Waals surface area (Å²) in [6.07, 6.45) is 1.88. The van der Waals surface area contributed by atoms with Gasteiger partial charge in [-0.1, -0.05) is 13.8 Å². The molecule has 0 bridgehead atoms. The smallest absolute Gasteiger partial charge is 0.0587 e. The van der Waals surface area contributed by atoms with Gasteiger partial charge >= 0.3 is 0 Å². The summed E-state index contributed by atoms with van der Waals surface area (Å²) in [6, 6.07) is 0. The molecule has 0 unspecified atom stereocenters. The lowest BCUT2D eigenvalue weighted by atomic mass is 10.1. The van der Waals surface area contributed by atoms with Crippen LogP contribution in [0.3, 0.4) is 0 Å². The Balaban J connectivity index is 2.38. The van der Waals surface area contributed by atoms with Crippen LogP contribution >= 0.6 is 0 Å². The molecular weight excluding hydrogens is 178 g/mol. The van der Waals surface area contributed by atoms with Gasteiger partial charge in [-0.15, -0.1) is 0 Å². The van der Waals surface area contributed by atoms with E-state index in [-0.39, 0.29) is 0 Å². The molecule has 1 heterocycles. The Kier molecular flexibility index (Phi) is 4.62. The van der Waals surface area contributed by atoms with Crippen LogP contribution in [0.15, 0.2) is 6.20 Å². The van der Waals surface area contributed by atoms with Crippen LogP contribution in [0, 0.1) is 0 Å². The quantitative estimate of drug-likeness (QED) is 0.675. The van der Waals surface area contributed by atoms with Gasteiger partial charge in [0.2, 0.25) is 0 Å². The minimum absolute atomic E-state index is 0.497. The first kappa shape index (κ1) is 11.2. The average molecular weight is 197 g/mol. The summed E-state index contributed by atoms with van der Waals surface area (Å²) in [4.78, 5) is 0.